The minimum atomic E-state index is -2.76. The van der Waals surface area contributed by atoms with Crippen LogP contribution in [0.4, 0.5) is 4.39 Å². The van der Waals surface area contributed by atoms with Crippen molar-refractivity contribution in [3.63, 3.8) is 0 Å². The van der Waals surface area contributed by atoms with Gasteiger partial charge in [0.1, 0.15) is 0 Å². The smallest absolute Gasteiger partial charge is 0.214 e. The van der Waals surface area contributed by atoms with Crippen molar-refractivity contribution >= 4 is 10.7 Å². The molecule has 10 heavy (non-hydrogen) atoms. The van der Waals surface area contributed by atoms with E-state index in [-0.39, 0.29) is 5.03 Å². The van der Waals surface area contributed by atoms with Crippen molar-refractivity contribution in [2.24, 2.45) is 0 Å². The summed E-state index contributed by atoms with van der Waals surface area (Å²) in [7, 11) is -2.76. The summed E-state index contributed by atoms with van der Waals surface area (Å²) in [6.07, 6.45) is 0. The van der Waals surface area contributed by atoms with Gasteiger partial charge in [0.05, 0.1) is 0 Å². The number of aromatic nitrogens is 1. The van der Waals surface area contributed by atoms with Gasteiger partial charge >= 0.3 is 0 Å². The van der Waals surface area contributed by atoms with Gasteiger partial charge in [-0.25, -0.2) is 13.4 Å². The number of halogens is 1. The molecular formula is C5H4FNO2S. The van der Waals surface area contributed by atoms with Gasteiger partial charge in [-0.3, -0.25) is 0 Å². The van der Waals surface area contributed by atoms with Crippen LogP contribution in [0.25, 0.3) is 0 Å². The van der Waals surface area contributed by atoms with Crippen molar-refractivity contribution in [3.05, 3.63) is 24.1 Å². The zero-order chi connectivity index (χ0) is 7.56. The maximum absolute atomic E-state index is 12.1. The molecule has 0 saturated heterocycles. The van der Waals surface area contributed by atoms with Crippen molar-refractivity contribution < 1.29 is 12.8 Å². The normalized spacial score (nSPS) is 10.2. The largest absolute Gasteiger partial charge is 0.225 e. The average molecular weight is 161 g/mol. The Morgan fingerprint density at radius 1 is 1.40 bits per heavy atom. The summed E-state index contributed by atoms with van der Waals surface area (Å²) in [5.74, 6) is -0.781. The first-order valence-electron chi connectivity index (χ1n) is 2.47. The summed E-state index contributed by atoms with van der Waals surface area (Å²) in [6, 6.07) is 3.61. The van der Waals surface area contributed by atoms with Crippen LogP contribution in [0.3, 0.4) is 0 Å². The Bertz CT molecular complexity index is 302. The SMILES string of the molecule is O=[SH](=O)c1cccc(F)n1. The molecule has 0 aromatic carbocycles. The molecule has 1 aromatic heterocycles. The van der Waals surface area contributed by atoms with Gasteiger partial charge in [-0.1, -0.05) is 6.07 Å². The minimum absolute atomic E-state index is 0.241. The number of thiol groups is 1. The highest BCUT2D eigenvalue weighted by atomic mass is 32.2. The average Bonchev–Trinajstić information content (AvgIpc) is 1.88. The molecule has 0 aliphatic rings. The Morgan fingerprint density at radius 2 is 2.10 bits per heavy atom. The fraction of sp³-hybridized carbons (Fsp3) is 0. The third kappa shape index (κ3) is 1.51. The predicted octanol–water partition coefficient (Wildman–Crippen LogP) is 0.191. The third-order valence-corrected chi connectivity index (χ3v) is 1.51. The molecular weight excluding hydrogens is 157 g/mol. The molecule has 3 nitrogen and oxygen atoms in total. The fourth-order valence-electron chi connectivity index (χ4n) is 0.499. The molecule has 54 valence electrons. The number of nitrogens with zero attached hydrogens (tertiary/aromatic N) is 1. The van der Waals surface area contributed by atoms with E-state index in [1.165, 1.54) is 12.1 Å². The molecule has 1 rings (SSSR count). The van der Waals surface area contributed by atoms with E-state index in [9.17, 15) is 12.8 Å². The molecule has 1 aromatic rings. The van der Waals surface area contributed by atoms with Gasteiger partial charge < -0.3 is 0 Å². The second-order valence-corrected chi connectivity index (χ2v) is 2.55. The van der Waals surface area contributed by atoms with E-state index in [0.29, 0.717) is 0 Å². The maximum atomic E-state index is 12.1. The highest BCUT2D eigenvalue weighted by Gasteiger charge is 1.95. The van der Waals surface area contributed by atoms with Gasteiger partial charge in [-0.05, 0) is 12.1 Å². The van der Waals surface area contributed by atoms with Crippen LogP contribution in [0, 0.1) is 5.95 Å². The predicted molar refractivity (Wildman–Crippen MR) is 32.8 cm³/mol. The molecule has 0 saturated carbocycles. The first-order valence-corrected chi connectivity index (χ1v) is 3.65. The lowest BCUT2D eigenvalue weighted by atomic mass is 10.5. The van der Waals surface area contributed by atoms with E-state index in [0.717, 1.165) is 6.07 Å². The molecule has 0 bridgehead atoms. The highest BCUT2D eigenvalue weighted by molar-refractivity contribution is 7.72. The molecule has 0 N–H and O–H groups in total. The van der Waals surface area contributed by atoms with E-state index in [2.05, 4.69) is 4.98 Å². The van der Waals surface area contributed by atoms with Crippen LogP contribution in [0.5, 0.6) is 0 Å². The molecule has 5 heteroatoms. The molecule has 0 spiro atoms. The summed E-state index contributed by atoms with van der Waals surface area (Å²) < 4.78 is 32.5. The Morgan fingerprint density at radius 3 is 2.50 bits per heavy atom. The molecule has 0 amide bonds. The quantitative estimate of drug-likeness (QED) is 0.472. The first-order chi connectivity index (χ1) is 4.70. The lowest BCUT2D eigenvalue weighted by Crippen LogP contribution is -1.88. The minimum Gasteiger partial charge on any atom is -0.225 e. The van der Waals surface area contributed by atoms with Crippen molar-refractivity contribution in [2.45, 2.75) is 5.03 Å². The third-order valence-electron chi connectivity index (χ3n) is 0.887. The van der Waals surface area contributed by atoms with Crippen molar-refractivity contribution in [3.8, 4) is 0 Å². The first kappa shape index (κ1) is 7.14. The fourth-order valence-corrected chi connectivity index (χ4v) is 0.884. The van der Waals surface area contributed by atoms with Gasteiger partial charge in [0.2, 0.25) is 5.95 Å². The van der Waals surface area contributed by atoms with Crippen molar-refractivity contribution in [1.29, 1.82) is 0 Å². The second kappa shape index (κ2) is 2.74. The summed E-state index contributed by atoms with van der Waals surface area (Å²) in [4.78, 5) is 3.11. The van der Waals surface area contributed by atoms with Crippen molar-refractivity contribution in [1.82, 2.24) is 4.98 Å². The lowest BCUT2D eigenvalue weighted by Gasteiger charge is -1.87. The molecule has 0 atom stereocenters. The molecule has 0 aliphatic heterocycles. The van der Waals surface area contributed by atoms with E-state index < -0.39 is 16.7 Å². The van der Waals surface area contributed by atoms with Crippen LogP contribution < -0.4 is 0 Å². The Hall–Kier alpha value is -0.970. The lowest BCUT2D eigenvalue weighted by molar-refractivity contribution is 0.563. The van der Waals surface area contributed by atoms with Crippen LogP contribution in [0.2, 0.25) is 0 Å². The van der Waals surface area contributed by atoms with Gasteiger partial charge in [-0.15, -0.1) is 0 Å². The van der Waals surface area contributed by atoms with Crippen molar-refractivity contribution in [2.75, 3.05) is 0 Å². The van der Waals surface area contributed by atoms with Crippen LogP contribution in [0.15, 0.2) is 23.2 Å². The Kier molecular flexibility index (Phi) is 1.96. The van der Waals surface area contributed by atoms with E-state index in [4.69, 9.17) is 0 Å². The number of hydrogen-bond acceptors (Lipinski definition) is 3. The van der Waals surface area contributed by atoms with Crippen LogP contribution in [-0.4, -0.2) is 13.4 Å². The van der Waals surface area contributed by atoms with Crippen LogP contribution in [0.1, 0.15) is 0 Å². The van der Waals surface area contributed by atoms with Crippen LogP contribution >= 0.6 is 0 Å². The highest BCUT2D eigenvalue weighted by Crippen LogP contribution is 1.97. The standard InChI is InChI=1S/C5H4FNO2S/c6-4-2-1-3-5(7-4)10(8)9/h1-3,10H. The number of rotatable bonds is 1. The second-order valence-electron chi connectivity index (χ2n) is 1.58. The molecule has 0 radical (unpaired) electrons. The zero-order valence-electron chi connectivity index (χ0n) is 4.82. The van der Waals surface area contributed by atoms with Gasteiger partial charge in [0.15, 0.2) is 15.7 Å². The van der Waals surface area contributed by atoms with Gasteiger partial charge in [0, 0.05) is 0 Å². The molecule has 0 fully saturated rings. The number of hydrogen-bond donors (Lipinski definition) is 1. The van der Waals surface area contributed by atoms with E-state index >= 15 is 0 Å². The molecule has 0 aliphatic carbocycles. The topological polar surface area (TPSA) is 47.0 Å². The van der Waals surface area contributed by atoms with Crippen LogP contribution in [-0.2, 0) is 10.7 Å². The van der Waals surface area contributed by atoms with E-state index in [1.807, 2.05) is 0 Å². The molecule has 1 heterocycles. The molecule has 0 unspecified atom stereocenters. The summed E-state index contributed by atoms with van der Waals surface area (Å²) in [5.41, 5.74) is 0. The monoisotopic (exact) mass is 161 g/mol. The van der Waals surface area contributed by atoms with Gasteiger partial charge in [0.25, 0.3) is 0 Å². The Labute approximate surface area is 58.5 Å². The summed E-state index contributed by atoms with van der Waals surface area (Å²) in [6.45, 7) is 0. The summed E-state index contributed by atoms with van der Waals surface area (Å²) >= 11 is 0. The van der Waals surface area contributed by atoms with Gasteiger partial charge in [-0.2, -0.15) is 4.39 Å². The maximum Gasteiger partial charge on any atom is 0.214 e. The summed E-state index contributed by atoms with van der Waals surface area (Å²) in [5, 5.41) is -0.241. The number of pyridine rings is 1. The Balaban J connectivity index is 3.19. The van der Waals surface area contributed by atoms with E-state index in [1.54, 1.807) is 0 Å². The zero-order valence-corrected chi connectivity index (χ0v) is 5.72.